The minimum absolute atomic E-state index is 0.142. The average molecular weight is 347 g/mol. The Morgan fingerprint density at radius 3 is 2.54 bits per heavy atom. The molecule has 0 aliphatic carbocycles. The number of hydrogen-bond acceptors (Lipinski definition) is 4. The van der Waals surface area contributed by atoms with Crippen molar-refractivity contribution < 1.29 is 17.9 Å². The molecule has 24 heavy (non-hydrogen) atoms. The van der Waals surface area contributed by atoms with Gasteiger partial charge in [0.15, 0.2) is 11.5 Å². The van der Waals surface area contributed by atoms with E-state index in [4.69, 9.17) is 9.47 Å². The van der Waals surface area contributed by atoms with E-state index in [1.165, 1.54) is 4.31 Å². The topological polar surface area (TPSA) is 55.8 Å². The molecule has 0 saturated carbocycles. The molecule has 0 N–H and O–H groups in total. The minimum Gasteiger partial charge on any atom is -0.454 e. The van der Waals surface area contributed by atoms with Gasteiger partial charge in [-0.25, -0.2) is 12.7 Å². The molecule has 128 valence electrons. The van der Waals surface area contributed by atoms with Crippen molar-refractivity contribution in [2.45, 2.75) is 19.4 Å². The quantitative estimate of drug-likeness (QED) is 0.773. The highest BCUT2D eigenvalue weighted by Gasteiger charge is 2.19. The highest BCUT2D eigenvalue weighted by atomic mass is 32.2. The summed E-state index contributed by atoms with van der Waals surface area (Å²) >= 11 is 0. The molecule has 0 amide bonds. The van der Waals surface area contributed by atoms with Gasteiger partial charge in [0.25, 0.3) is 0 Å². The zero-order chi connectivity index (χ0) is 17.0. The van der Waals surface area contributed by atoms with Gasteiger partial charge in [-0.3, -0.25) is 0 Å². The highest BCUT2D eigenvalue weighted by molar-refractivity contribution is 7.89. The van der Waals surface area contributed by atoms with Crippen molar-refractivity contribution in [1.29, 1.82) is 0 Å². The zero-order valence-electron chi connectivity index (χ0n) is 13.6. The lowest BCUT2D eigenvalue weighted by atomic mass is 10.1. The molecule has 1 aliphatic rings. The monoisotopic (exact) mass is 347 g/mol. The summed E-state index contributed by atoms with van der Waals surface area (Å²) in [6.07, 6.45) is 1.37. The van der Waals surface area contributed by atoms with Gasteiger partial charge in [-0.15, -0.1) is 0 Å². The van der Waals surface area contributed by atoms with E-state index in [0.29, 0.717) is 24.5 Å². The van der Waals surface area contributed by atoms with E-state index in [-0.39, 0.29) is 12.5 Å². The molecule has 2 aromatic carbocycles. The molecule has 0 fully saturated rings. The molecule has 0 bridgehead atoms. The Kier molecular flexibility index (Phi) is 5.06. The first-order valence-corrected chi connectivity index (χ1v) is 9.52. The molecule has 0 atom stereocenters. The fraction of sp³-hybridized carbons (Fsp3) is 0.333. The number of ether oxygens (including phenoxy) is 2. The van der Waals surface area contributed by atoms with Crippen LogP contribution in [0.1, 0.15) is 17.5 Å². The third kappa shape index (κ3) is 4.07. The summed E-state index contributed by atoms with van der Waals surface area (Å²) in [5, 5.41) is 0. The van der Waals surface area contributed by atoms with Gasteiger partial charge >= 0.3 is 0 Å². The molecule has 6 heteroatoms. The second kappa shape index (κ2) is 7.23. The Bertz CT molecular complexity index is 790. The lowest BCUT2D eigenvalue weighted by Gasteiger charge is -2.17. The summed E-state index contributed by atoms with van der Waals surface area (Å²) in [6, 6.07) is 15.4. The van der Waals surface area contributed by atoms with Gasteiger partial charge in [0.05, 0.1) is 5.75 Å². The van der Waals surface area contributed by atoms with Gasteiger partial charge in [-0.05, 0) is 36.1 Å². The zero-order valence-corrected chi connectivity index (χ0v) is 14.5. The number of sulfonamides is 1. The van der Waals surface area contributed by atoms with Gasteiger partial charge < -0.3 is 9.47 Å². The molecule has 0 aromatic heterocycles. The van der Waals surface area contributed by atoms with Crippen LogP contribution < -0.4 is 9.47 Å². The maximum absolute atomic E-state index is 12.4. The Labute approximate surface area is 142 Å². The average Bonchev–Trinajstić information content (AvgIpc) is 3.03. The van der Waals surface area contributed by atoms with E-state index in [1.807, 2.05) is 48.5 Å². The van der Waals surface area contributed by atoms with Crippen LogP contribution in [0.25, 0.3) is 0 Å². The van der Waals surface area contributed by atoms with Crippen molar-refractivity contribution in [3.05, 3.63) is 59.7 Å². The van der Waals surface area contributed by atoms with Crippen molar-refractivity contribution in [2.24, 2.45) is 0 Å². The number of benzene rings is 2. The van der Waals surface area contributed by atoms with Crippen LogP contribution in [0.4, 0.5) is 0 Å². The first-order chi connectivity index (χ1) is 11.5. The van der Waals surface area contributed by atoms with Crippen molar-refractivity contribution in [3.8, 4) is 11.5 Å². The van der Waals surface area contributed by atoms with E-state index in [1.54, 1.807) is 7.05 Å². The number of aryl methyl sites for hydroxylation is 1. The maximum Gasteiger partial charge on any atom is 0.231 e. The molecule has 0 spiro atoms. The van der Waals surface area contributed by atoms with E-state index in [2.05, 4.69) is 0 Å². The predicted octanol–water partition coefficient (Wildman–Crippen LogP) is 2.81. The predicted molar refractivity (Wildman–Crippen MR) is 92.6 cm³/mol. The SMILES string of the molecule is CN(Cc1ccc2c(c1)OCO2)S(=O)(=O)CCCc1ccccc1. The molecule has 0 unspecified atom stereocenters. The van der Waals surface area contributed by atoms with Gasteiger partial charge in [-0.2, -0.15) is 0 Å². The summed E-state index contributed by atoms with van der Waals surface area (Å²) in [4.78, 5) is 0. The Balaban J connectivity index is 1.56. The third-order valence-electron chi connectivity index (χ3n) is 4.03. The van der Waals surface area contributed by atoms with E-state index < -0.39 is 10.0 Å². The fourth-order valence-electron chi connectivity index (χ4n) is 2.65. The van der Waals surface area contributed by atoms with E-state index >= 15 is 0 Å². The van der Waals surface area contributed by atoms with Crippen LogP contribution in [-0.2, 0) is 23.0 Å². The van der Waals surface area contributed by atoms with Crippen LogP contribution in [0.15, 0.2) is 48.5 Å². The van der Waals surface area contributed by atoms with Crippen LogP contribution in [-0.4, -0.2) is 32.3 Å². The summed E-state index contributed by atoms with van der Waals surface area (Å²) in [5.41, 5.74) is 2.04. The smallest absolute Gasteiger partial charge is 0.231 e. The lowest BCUT2D eigenvalue weighted by Crippen LogP contribution is -2.29. The highest BCUT2D eigenvalue weighted by Crippen LogP contribution is 2.32. The molecule has 2 aromatic rings. The second-order valence-corrected chi connectivity index (χ2v) is 8.04. The normalized spacial score (nSPS) is 13.4. The molecule has 3 rings (SSSR count). The largest absolute Gasteiger partial charge is 0.454 e. The number of fused-ring (bicyclic) bond motifs is 1. The number of rotatable bonds is 7. The van der Waals surface area contributed by atoms with Gasteiger partial charge in [0.1, 0.15) is 0 Å². The number of hydrogen-bond donors (Lipinski definition) is 0. The van der Waals surface area contributed by atoms with Gasteiger partial charge in [0, 0.05) is 13.6 Å². The van der Waals surface area contributed by atoms with E-state index in [9.17, 15) is 8.42 Å². The van der Waals surface area contributed by atoms with Crippen LogP contribution in [0, 0.1) is 0 Å². The lowest BCUT2D eigenvalue weighted by molar-refractivity contribution is 0.174. The van der Waals surface area contributed by atoms with Crippen LogP contribution in [0.3, 0.4) is 0 Å². The van der Waals surface area contributed by atoms with Crippen LogP contribution >= 0.6 is 0 Å². The van der Waals surface area contributed by atoms with Crippen molar-refractivity contribution in [2.75, 3.05) is 19.6 Å². The first kappa shape index (κ1) is 16.8. The van der Waals surface area contributed by atoms with E-state index in [0.717, 1.165) is 17.5 Å². The fourth-order valence-corrected chi connectivity index (χ4v) is 3.82. The molecule has 0 saturated heterocycles. The summed E-state index contributed by atoms with van der Waals surface area (Å²) in [7, 11) is -1.67. The number of nitrogens with zero attached hydrogens (tertiary/aromatic N) is 1. The summed E-state index contributed by atoms with van der Waals surface area (Å²) in [6.45, 7) is 0.538. The summed E-state index contributed by atoms with van der Waals surface area (Å²) < 4.78 is 36.9. The minimum atomic E-state index is -3.28. The maximum atomic E-state index is 12.4. The van der Waals surface area contributed by atoms with Gasteiger partial charge in [-0.1, -0.05) is 36.4 Å². The van der Waals surface area contributed by atoms with Crippen LogP contribution in [0.5, 0.6) is 11.5 Å². The molecular weight excluding hydrogens is 326 g/mol. The Morgan fingerprint density at radius 1 is 1.00 bits per heavy atom. The van der Waals surface area contributed by atoms with Crippen molar-refractivity contribution in [1.82, 2.24) is 4.31 Å². The molecule has 5 nitrogen and oxygen atoms in total. The second-order valence-electron chi connectivity index (χ2n) is 5.85. The first-order valence-electron chi connectivity index (χ1n) is 7.91. The molecule has 0 radical (unpaired) electrons. The molecule has 1 aliphatic heterocycles. The Hall–Kier alpha value is -2.05. The Morgan fingerprint density at radius 2 is 1.75 bits per heavy atom. The third-order valence-corrected chi connectivity index (χ3v) is 5.91. The molecular formula is C18H21NO4S. The van der Waals surface area contributed by atoms with Crippen LogP contribution in [0.2, 0.25) is 0 Å². The summed E-state index contributed by atoms with van der Waals surface area (Å²) in [5.74, 6) is 1.51. The standard InChI is InChI=1S/C18H21NO4S/c1-19(13-16-9-10-17-18(12-16)23-14-22-17)24(20,21)11-5-8-15-6-3-2-4-7-15/h2-4,6-7,9-10,12H,5,8,11,13-14H2,1H3. The van der Waals surface area contributed by atoms with Crippen molar-refractivity contribution in [3.63, 3.8) is 0 Å². The van der Waals surface area contributed by atoms with Crippen molar-refractivity contribution >= 4 is 10.0 Å². The van der Waals surface area contributed by atoms with Gasteiger partial charge in [0.2, 0.25) is 16.8 Å². The molecule has 1 heterocycles.